The smallest absolute Gasteiger partial charge is 0.342 e. The van der Waals surface area contributed by atoms with Crippen molar-refractivity contribution in [2.24, 2.45) is 5.73 Å². The molecule has 1 amide bonds. The highest BCUT2D eigenvalue weighted by Gasteiger charge is 2.28. The van der Waals surface area contributed by atoms with Crippen molar-refractivity contribution < 1.29 is 18.7 Å². The van der Waals surface area contributed by atoms with Gasteiger partial charge in [0.2, 0.25) is 5.88 Å². The van der Waals surface area contributed by atoms with Crippen LogP contribution >= 0.6 is 0 Å². The molecule has 8 heteroatoms. The molecule has 0 unspecified atom stereocenters. The summed E-state index contributed by atoms with van der Waals surface area (Å²) in [5.41, 5.74) is 7.42. The first-order chi connectivity index (χ1) is 12.4. The number of carbonyl (C=O) groups excluding carboxylic acids is 2. The Morgan fingerprint density at radius 2 is 1.81 bits per heavy atom. The molecule has 0 aliphatic heterocycles. The fraction of sp³-hybridized carbons (Fsp3) is 0.222. The van der Waals surface area contributed by atoms with Crippen LogP contribution in [0.4, 0.5) is 11.7 Å². The van der Waals surface area contributed by atoms with Gasteiger partial charge in [0.05, 0.1) is 23.3 Å². The van der Waals surface area contributed by atoms with Gasteiger partial charge in [-0.1, -0.05) is 12.1 Å². The maximum Gasteiger partial charge on any atom is 0.342 e. The Labute approximate surface area is 149 Å². The number of rotatable bonds is 5. The van der Waals surface area contributed by atoms with E-state index in [0.717, 1.165) is 5.52 Å². The Morgan fingerprint density at radius 1 is 1.15 bits per heavy atom. The number of benzene rings is 1. The summed E-state index contributed by atoms with van der Waals surface area (Å²) < 4.78 is 10.5. The molecule has 1 aromatic carbocycles. The third-order valence-corrected chi connectivity index (χ3v) is 3.79. The monoisotopic (exact) mass is 354 g/mol. The number of aromatic nitrogens is 2. The van der Waals surface area contributed by atoms with Crippen LogP contribution in [0.2, 0.25) is 0 Å². The van der Waals surface area contributed by atoms with E-state index in [1.165, 1.54) is 0 Å². The Bertz CT molecular complexity index is 1010. The second-order valence-electron chi connectivity index (χ2n) is 5.59. The lowest BCUT2D eigenvalue weighted by atomic mass is 10.1. The number of fused-ring (bicyclic) bond motifs is 1. The molecular formula is C18H18N4O4. The lowest BCUT2D eigenvalue weighted by Crippen LogP contribution is -2.18. The van der Waals surface area contributed by atoms with Gasteiger partial charge >= 0.3 is 5.97 Å². The quantitative estimate of drug-likeness (QED) is 0.676. The molecule has 26 heavy (non-hydrogen) atoms. The van der Waals surface area contributed by atoms with Gasteiger partial charge in [0, 0.05) is 0 Å². The van der Waals surface area contributed by atoms with Gasteiger partial charge < -0.3 is 20.2 Å². The van der Waals surface area contributed by atoms with Crippen molar-refractivity contribution in [3.05, 3.63) is 46.8 Å². The molecule has 0 atom stereocenters. The fourth-order valence-electron chi connectivity index (χ4n) is 2.63. The Hall–Kier alpha value is -3.42. The molecule has 0 bridgehead atoms. The minimum atomic E-state index is -0.807. The molecule has 0 saturated carbocycles. The first-order valence-corrected chi connectivity index (χ1v) is 8.03. The minimum Gasteiger partial charge on any atom is -0.462 e. The maximum atomic E-state index is 12.2. The molecule has 0 aliphatic carbocycles. The Morgan fingerprint density at radius 3 is 2.42 bits per heavy atom. The fourth-order valence-corrected chi connectivity index (χ4v) is 2.63. The lowest BCUT2D eigenvalue weighted by molar-refractivity contribution is 0.0521. The number of amides is 1. The van der Waals surface area contributed by atoms with Gasteiger partial charge in [0.15, 0.2) is 5.82 Å². The van der Waals surface area contributed by atoms with Crippen molar-refractivity contribution in [2.45, 2.75) is 20.8 Å². The highest BCUT2D eigenvalue weighted by Crippen LogP contribution is 2.30. The summed E-state index contributed by atoms with van der Waals surface area (Å²) in [7, 11) is 0. The molecule has 0 fully saturated rings. The molecular weight excluding hydrogens is 336 g/mol. The summed E-state index contributed by atoms with van der Waals surface area (Å²) in [5.74, 6) is -0.817. The summed E-state index contributed by atoms with van der Waals surface area (Å²) in [5, 5.41) is 2.92. The van der Waals surface area contributed by atoms with E-state index in [2.05, 4.69) is 15.3 Å². The predicted octanol–water partition coefficient (Wildman–Crippen LogP) is 2.86. The van der Waals surface area contributed by atoms with Crippen molar-refractivity contribution in [2.75, 3.05) is 11.9 Å². The summed E-state index contributed by atoms with van der Waals surface area (Å²) in [4.78, 5) is 33.0. The van der Waals surface area contributed by atoms with E-state index in [4.69, 9.17) is 14.9 Å². The number of ether oxygens (including phenoxy) is 1. The maximum absolute atomic E-state index is 12.2. The molecule has 8 nitrogen and oxygen atoms in total. The number of nitrogens with two attached hydrogens (primary N) is 1. The van der Waals surface area contributed by atoms with E-state index >= 15 is 0 Å². The summed E-state index contributed by atoms with van der Waals surface area (Å²) in [6.07, 6.45) is 0. The largest absolute Gasteiger partial charge is 0.462 e. The zero-order valence-electron chi connectivity index (χ0n) is 14.6. The summed E-state index contributed by atoms with van der Waals surface area (Å²) >= 11 is 0. The SMILES string of the molecule is CCOC(=O)c1c(C)oc(Nc2nc3ccccc3nc2C)c1C(N)=O. The number of aryl methyl sites for hydroxylation is 2. The van der Waals surface area contributed by atoms with Crippen LogP contribution in [-0.2, 0) is 4.74 Å². The zero-order chi connectivity index (χ0) is 18.8. The number of nitrogens with zero attached hydrogens (tertiary/aromatic N) is 2. The van der Waals surface area contributed by atoms with E-state index in [0.29, 0.717) is 17.0 Å². The second kappa shape index (κ2) is 6.83. The highest BCUT2D eigenvalue weighted by molar-refractivity contribution is 6.09. The van der Waals surface area contributed by atoms with Crippen LogP contribution in [-0.4, -0.2) is 28.5 Å². The van der Waals surface area contributed by atoms with E-state index in [1.54, 1.807) is 20.8 Å². The topological polar surface area (TPSA) is 120 Å². The van der Waals surface area contributed by atoms with Crippen LogP contribution < -0.4 is 11.1 Å². The number of hydrogen-bond acceptors (Lipinski definition) is 7. The number of nitrogens with one attached hydrogen (secondary N) is 1. The summed E-state index contributed by atoms with van der Waals surface area (Å²) in [6.45, 7) is 5.17. The van der Waals surface area contributed by atoms with Crippen LogP contribution in [0, 0.1) is 13.8 Å². The number of esters is 1. The molecule has 3 rings (SSSR count). The van der Waals surface area contributed by atoms with Crippen LogP contribution in [0.15, 0.2) is 28.7 Å². The van der Waals surface area contributed by atoms with Crippen LogP contribution in [0.3, 0.4) is 0 Å². The van der Waals surface area contributed by atoms with Gasteiger partial charge in [0.1, 0.15) is 16.9 Å². The molecule has 134 valence electrons. The lowest BCUT2D eigenvalue weighted by Gasteiger charge is -2.08. The minimum absolute atomic E-state index is 0.00764. The second-order valence-corrected chi connectivity index (χ2v) is 5.59. The number of anilines is 2. The van der Waals surface area contributed by atoms with Gasteiger partial charge in [-0.15, -0.1) is 0 Å². The zero-order valence-corrected chi connectivity index (χ0v) is 14.6. The first-order valence-electron chi connectivity index (χ1n) is 8.03. The van der Waals surface area contributed by atoms with Gasteiger partial charge in [-0.05, 0) is 32.9 Å². The average molecular weight is 354 g/mol. The third-order valence-electron chi connectivity index (χ3n) is 3.79. The van der Waals surface area contributed by atoms with E-state index in [-0.39, 0.29) is 29.4 Å². The van der Waals surface area contributed by atoms with Gasteiger partial charge in [0.25, 0.3) is 5.91 Å². The van der Waals surface area contributed by atoms with E-state index < -0.39 is 11.9 Å². The van der Waals surface area contributed by atoms with E-state index in [1.807, 2.05) is 24.3 Å². The molecule has 0 spiro atoms. The normalized spacial score (nSPS) is 10.7. The average Bonchev–Trinajstić information content (AvgIpc) is 2.92. The molecule has 0 radical (unpaired) electrons. The van der Waals surface area contributed by atoms with Crippen LogP contribution in [0.25, 0.3) is 11.0 Å². The van der Waals surface area contributed by atoms with Crippen molar-refractivity contribution in [1.29, 1.82) is 0 Å². The molecule has 3 N–H and O–H groups in total. The van der Waals surface area contributed by atoms with Gasteiger partial charge in [-0.25, -0.2) is 14.8 Å². The Kier molecular flexibility index (Phi) is 4.57. The van der Waals surface area contributed by atoms with E-state index in [9.17, 15) is 9.59 Å². The number of hydrogen-bond donors (Lipinski definition) is 2. The van der Waals surface area contributed by atoms with Gasteiger partial charge in [-0.3, -0.25) is 4.79 Å². The van der Waals surface area contributed by atoms with Gasteiger partial charge in [-0.2, -0.15) is 0 Å². The van der Waals surface area contributed by atoms with Crippen LogP contribution in [0.5, 0.6) is 0 Å². The molecule has 3 aromatic rings. The van der Waals surface area contributed by atoms with Crippen molar-refractivity contribution >= 4 is 34.6 Å². The molecule has 2 aromatic heterocycles. The van der Waals surface area contributed by atoms with Crippen LogP contribution in [0.1, 0.15) is 39.1 Å². The molecule has 0 saturated heterocycles. The molecule has 0 aliphatic rings. The number of primary amides is 1. The standard InChI is InChI=1S/C18H18N4O4/c1-4-25-18(24)13-10(3)26-17(14(13)15(19)23)22-16-9(2)20-11-7-5-6-8-12(11)21-16/h5-8H,4H2,1-3H3,(H2,19,23)(H,21,22). The molecule has 2 heterocycles. The first kappa shape index (κ1) is 17.4. The van der Waals surface area contributed by atoms with Crippen molar-refractivity contribution in [3.63, 3.8) is 0 Å². The summed E-state index contributed by atoms with van der Waals surface area (Å²) in [6, 6.07) is 7.39. The number of para-hydroxylation sites is 2. The predicted molar refractivity (Wildman–Crippen MR) is 95.5 cm³/mol. The number of carbonyl (C=O) groups is 2. The third kappa shape index (κ3) is 3.08. The Balaban J connectivity index is 2.08. The van der Waals surface area contributed by atoms with Crippen molar-refractivity contribution in [3.8, 4) is 0 Å². The highest BCUT2D eigenvalue weighted by atomic mass is 16.5. The number of furan rings is 1. The van der Waals surface area contributed by atoms with Crippen molar-refractivity contribution in [1.82, 2.24) is 9.97 Å².